The Kier molecular flexibility index (Phi) is 6.35. The van der Waals surface area contributed by atoms with Crippen LogP contribution in [0.1, 0.15) is 54.2 Å². The van der Waals surface area contributed by atoms with Gasteiger partial charge in [0.1, 0.15) is 17.4 Å². The topological polar surface area (TPSA) is 153 Å². The van der Waals surface area contributed by atoms with Crippen LogP contribution >= 0.6 is 0 Å². The van der Waals surface area contributed by atoms with Gasteiger partial charge in [-0.15, -0.1) is 0 Å². The maximum Gasteiger partial charge on any atom is 0.419 e. The van der Waals surface area contributed by atoms with Crippen molar-refractivity contribution in [2.75, 3.05) is 0 Å². The Morgan fingerprint density at radius 3 is 2.58 bits per heavy atom. The molecule has 1 atom stereocenters. The minimum atomic E-state index is -0.818. The summed E-state index contributed by atoms with van der Waals surface area (Å²) in [5.74, 6) is -1.90. The average molecular weight is 494 g/mol. The summed E-state index contributed by atoms with van der Waals surface area (Å²) in [7, 11) is 1.60. The second kappa shape index (κ2) is 9.29. The van der Waals surface area contributed by atoms with Crippen LogP contribution in [-0.4, -0.2) is 48.5 Å². The lowest BCUT2D eigenvalue weighted by Crippen LogP contribution is -2.51. The van der Waals surface area contributed by atoms with E-state index in [2.05, 4.69) is 26.0 Å². The molecule has 0 aliphatic rings. The Hall–Kier alpha value is -4.48. The second-order valence-electron chi connectivity index (χ2n) is 9.47. The number of oxazole rings is 1. The van der Waals surface area contributed by atoms with E-state index < -0.39 is 29.2 Å². The fraction of sp³-hybridized carbons (Fsp3) is 0.333. The number of amides is 3. The smallest absolute Gasteiger partial charge is 0.408 e. The van der Waals surface area contributed by atoms with Gasteiger partial charge in [0, 0.05) is 31.3 Å². The van der Waals surface area contributed by atoms with Gasteiger partial charge in [-0.25, -0.2) is 14.3 Å². The summed E-state index contributed by atoms with van der Waals surface area (Å²) >= 11 is 0. The van der Waals surface area contributed by atoms with Crippen molar-refractivity contribution in [1.29, 1.82) is 0 Å². The van der Waals surface area contributed by atoms with E-state index >= 15 is 0 Å². The lowest BCUT2D eigenvalue weighted by Gasteiger charge is -2.23. The number of nitrogens with zero attached hydrogens (tertiary/aromatic N) is 4. The molecule has 3 aromatic heterocycles. The minimum Gasteiger partial charge on any atom is -0.408 e. The molecule has 1 aromatic carbocycles. The number of carbonyl (C=O) groups is 3. The Bertz CT molecular complexity index is 1540. The molecule has 12 heteroatoms. The highest BCUT2D eigenvalue weighted by atomic mass is 16.4. The SMILES string of the molecule is C[C@H](NC(=O)c1cc(C(=O)NCc2ccc3oc(=O)n(C)c3c2)nc2ccnn12)C(=O)NC(C)(C)C. The number of hydrogen-bond acceptors (Lipinski definition) is 7. The third kappa shape index (κ3) is 5.11. The van der Waals surface area contributed by atoms with Gasteiger partial charge in [-0.05, 0) is 45.4 Å². The maximum atomic E-state index is 13.0. The van der Waals surface area contributed by atoms with E-state index in [4.69, 9.17) is 4.42 Å². The molecule has 3 heterocycles. The van der Waals surface area contributed by atoms with Gasteiger partial charge in [0.15, 0.2) is 11.2 Å². The fourth-order valence-electron chi connectivity index (χ4n) is 3.56. The van der Waals surface area contributed by atoms with Gasteiger partial charge in [0.25, 0.3) is 11.8 Å². The molecule has 0 fully saturated rings. The molecule has 0 bridgehead atoms. The largest absolute Gasteiger partial charge is 0.419 e. The highest BCUT2D eigenvalue weighted by molar-refractivity contribution is 6.00. The van der Waals surface area contributed by atoms with E-state index in [1.807, 2.05) is 20.8 Å². The highest BCUT2D eigenvalue weighted by Crippen LogP contribution is 2.15. The number of aryl methyl sites for hydroxylation is 1. The Morgan fingerprint density at radius 1 is 1.11 bits per heavy atom. The molecule has 36 heavy (non-hydrogen) atoms. The number of carbonyl (C=O) groups excluding carboxylic acids is 3. The number of benzene rings is 1. The van der Waals surface area contributed by atoms with Gasteiger partial charge in [0.2, 0.25) is 5.91 Å². The first-order valence-electron chi connectivity index (χ1n) is 11.3. The van der Waals surface area contributed by atoms with Crippen molar-refractivity contribution in [1.82, 2.24) is 35.1 Å². The van der Waals surface area contributed by atoms with Crippen LogP contribution in [0.3, 0.4) is 0 Å². The molecule has 3 N–H and O–H groups in total. The first-order chi connectivity index (χ1) is 16.9. The van der Waals surface area contributed by atoms with Crippen LogP contribution in [0.4, 0.5) is 0 Å². The molecule has 12 nitrogen and oxygen atoms in total. The molecule has 0 unspecified atom stereocenters. The summed E-state index contributed by atoms with van der Waals surface area (Å²) in [6.45, 7) is 7.25. The number of nitrogens with one attached hydrogen (secondary N) is 3. The van der Waals surface area contributed by atoms with Gasteiger partial charge in [-0.1, -0.05) is 6.07 Å². The molecular weight excluding hydrogens is 466 g/mol. The summed E-state index contributed by atoms with van der Waals surface area (Å²) in [5.41, 5.74) is 1.71. The van der Waals surface area contributed by atoms with Crippen molar-refractivity contribution in [3.8, 4) is 0 Å². The van der Waals surface area contributed by atoms with E-state index in [-0.39, 0.29) is 23.8 Å². The molecule has 0 radical (unpaired) electrons. The zero-order valence-electron chi connectivity index (χ0n) is 20.6. The van der Waals surface area contributed by atoms with E-state index in [1.165, 1.54) is 21.3 Å². The summed E-state index contributed by atoms with van der Waals surface area (Å²) in [6, 6.07) is 7.22. The third-order valence-electron chi connectivity index (χ3n) is 5.37. The van der Waals surface area contributed by atoms with Crippen molar-refractivity contribution in [2.45, 2.75) is 45.8 Å². The normalized spacial score (nSPS) is 12.5. The quantitative estimate of drug-likeness (QED) is 0.364. The Balaban J connectivity index is 1.52. The highest BCUT2D eigenvalue weighted by Gasteiger charge is 2.24. The van der Waals surface area contributed by atoms with Crippen molar-refractivity contribution < 1.29 is 18.8 Å². The number of fused-ring (bicyclic) bond motifs is 2. The number of hydrogen-bond donors (Lipinski definition) is 3. The van der Waals surface area contributed by atoms with Gasteiger partial charge < -0.3 is 20.4 Å². The van der Waals surface area contributed by atoms with Crippen molar-refractivity contribution >= 4 is 34.5 Å². The summed E-state index contributed by atoms with van der Waals surface area (Å²) in [5, 5.41) is 12.3. The fourth-order valence-corrected chi connectivity index (χ4v) is 3.56. The summed E-state index contributed by atoms with van der Waals surface area (Å²) in [6.07, 6.45) is 1.46. The van der Waals surface area contributed by atoms with Crippen LogP contribution in [0.2, 0.25) is 0 Å². The summed E-state index contributed by atoms with van der Waals surface area (Å²) in [4.78, 5) is 54.3. The van der Waals surface area contributed by atoms with Gasteiger partial charge in [0.05, 0.1) is 11.7 Å². The lowest BCUT2D eigenvalue weighted by molar-refractivity contribution is -0.124. The maximum absolute atomic E-state index is 13.0. The molecule has 188 valence electrons. The van der Waals surface area contributed by atoms with Crippen LogP contribution in [-0.2, 0) is 18.4 Å². The van der Waals surface area contributed by atoms with Crippen LogP contribution in [0.25, 0.3) is 16.7 Å². The molecule has 3 amide bonds. The molecule has 0 aliphatic carbocycles. The third-order valence-corrected chi connectivity index (χ3v) is 5.37. The van der Waals surface area contributed by atoms with E-state index in [0.29, 0.717) is 16.7 Å². The lowest BCUT2D eigenvalue weighted by atomic mass is 10.1. The van der Waals surface area contributed by atoms with E-state index in [9.17, 15) is 19.2 Å². The first-order valence-corrected chi connectivity index (χ1v) is 11.3. The molecular formula is C24H27N7O5. The number of rotatable bonds is 6. The molecule has 0 saturated carbocycles. The van der Waals surface area contributed by atoms with Crippen LogP contribution < -0.4 is 21.7 Å². The summed E-state index contributed by atoms with van der Waals surface area (Å²) < 4.78 is 7.80. The molecule has 0 aliphatic heterocycles. The monoisotopic (exact) mass is 493 g/mol. The van der Waals surface area contributed by atoms with E-state index in [1.54, 1.807) is 38.2 Å². The Morgan fingerprint density at radius 2 is 1.86 bits per heavy atom. The van der Waals surface area contributed by atoms with Gasteiger partial charge >= 0.3 is 5.76 Å². The van der Waals surface area contributed by atoms with Gasteiger partial charge in [-0.3, -0.25) is 19.0 Å². The number of aromatic nitrogens is 4. The van der Waals surface area contributed by atoms with Crippen molar-refractivity contribution in [2.24, 2.45) is 7.05 Å². The van der Waals surface area contributed by atoms with Crippen molar-refractivity contribution in [3.05, 3.63) is 64.0 Å². The minimum absolute atomic E-state index is 0.0109. The first kappa shape index (κ1) is 24.6. The average Bonchev–Trinajstić information content (AvgIpc) is 3.39. The zero-order valence-corrected chi connectivity index (χ0v) is 20.6. The van der Waals surface area contributed by atoms with Crippen molar-refractivity contribution in [3.63, 3.8) is 0 Å². The van der Waals surface area contributed by atoms with E-state index in [0.717, 1.165) is 5.56 Å². The predicted octanol–water partition coefficient (Wildman–Crippen LogP) is 1.14. The standard InChI is InChI=1S/C24H27N7O5/c1-13(20(32)29-24(2,3)4)27-22(34)17-11-15(28-19-8-9-26-31(17)19)21(33)25-12-14-6-7-18-16(10-14)30(5)23(35)36-18/h6-11,13H,12H2,1-5H3,(H,25,33)(H,27,34)(H,29,32)/t13-/m0/s1. The second-order valence-corrected chi connectivity index (χ2v) is 9.47. The van der Waals surface area contributed by atoms with Crippen LogP contribution in [0.5, 0.6) is 0 Å². The van der Waals surface area contributed by atoms with Crippen LogP contribution in [0.15, 0.2) is 45.7 Å². The Labute approximate surface area is 205 Å². The molecule has 4 aromatic rings. The van der Waals surface area contributed by atoms with Crippen LogP contribution in [0, 0.1) is 0 Å². The van der Waals surface area contributed by atoms with Gasteiger partial charge in [-0.2, -0.15) is 5.10 Å². The molecule has 0 saturated heterocycles. The predicted molar refractivity (Wildman–Crippen MR) is 130 cm³/mol. The molecule has 4 rings (SSSR count). The zero-order chi connectivity index (χ0) is 26.2. The molecule has 0 spiro atoms.